The van der Waals surface area contributed by atoms with Crippen molar-refractivity contribution in [1.82, 2.24) is 0 Å². The number of nitrogens with two attached hydrogens (primary N) is 2. The molecular formula is C9H8ClFN2O2. The quantitative estimate of drug-likeness (QED) is 0.794. The van der Waals surface area contributed by atoms with Crippen LogP contribution in [0.4, 0.5) is 4.39 Å². The van der Waals surface area contributed by atoms with Crippen LogP contribution in [0.5, 0.6) is 0 Å². The minimum Gasteiger partial charge on any atom is -0.366 e. The molecule has 80 valence electrons. The largest absolute Gasteiger partial charge is 0.366 e. The van der Waals surface area contributed by atoms with Crippen LogP contribution in [0.3, 0.4) is 0 Å². The molecule has 0 aromatic heterocycles. The van der Waals surface area contributed by atoms with E-state index in [0.717, 1.165) is 0 Å². The number of halogens is 2. The molecule has 0 aliphatic rings. The molecule has 0 aliphatic heterocycles. The second kappa shape index (κ2) is 3.86. The number of amides is 2. The smallest absolute Gasteiger partial charge is 0.253 e. The number of hydrogen-bond acceptors (Lipinski definition) is 2. The van der Waals surface area contributed by atoms with Crippen LogP contribution in [0, 0.1) is 12.7 Å². The Hall–Kier alpha value is -1.62. The van der Waals surface area contributed by atoms with E-state index in [0.29, 0.717) is 5.56 Å². The Kier molecular flexibility index (Phi) is 2.95. The molecule has 15 heavy (non-hydrogen) atoms. The Morgan fingerprint density at radius 1 is 1.33 bits per heavy atom. The van der Waals surface area contributed by atoms with E-state index in [9.17, 15) is 14.0 Å². The van der Waals surface area contributed by atoms with Crippen LogP contribution in [-0.4, -0.2) is 11.8 Å². The molecule has 1 aromatic rings. The molecule has 0 radical (unpaired) electrons. The van der Waals surface area contributed by atoms with Crippen LogP contribution in [0.25, 0.3) is 0 Å². The third kappa shape index (κ3) is 1.92. The lowest BCUT2D eigenvalue weighted by Crippen LogP contribution is -2.20. The molecule has 0 unspecified atom stereocenters. The maximum Gasteiger partial charge on any atom is 0.253 e. The molecule has 0 fully saturated rings. The normalized spacial score (nSPS) is 10.1. The molecule has 4 N–H and O–H groups in total. The van der Waals surface area contributed by atoms with Gasteiger partial charge in [0.2, 0.25) is 0 Å². The van der Waals surface area contributed by atoms with Crippen molar-refractivity contribution in [1.29, 1.82) is 0 Å². The van der Waals surface area contributed by atoms with Crippen molar-refractivity contribution >= 4 is 23.4 Å². The summed E-state index contributed by atoms with van der Waals surface area (Å²) in [6.07, 6.45) is 0. The number of aryl methyl sites for hydroxylation is 1. The van der Waals surface area contributed by atoms with Crippen LogP contribution >= 0.6 is 11.6 Å². The van der Waals surface area contributed by atoms with E-state index in [1.54, 1.807) is 0 Å². The Morgan fingerprint density at radius 2 is 1.87 bits per heavy atom. The van der Waals surface area contributed by atoms with Gasteiger partial charge in [0.15, 0.2) is 0 Å². The van der Waals surface area contributed by atoms with E-state index >= 15 is 0 Å². The summed E-state index contributed by atoms with van der Waals surface area (Å²) in [6, 6.07) is 1.17. The number of benzene rings is 1. The van der Waals surface area contributed by atoms with Crippen LogP contribution < -0.4 is 11.5 Å². The highest BCUT2D eigenvalue weighted by Crippen LogP contribution is 2.25. The van der Waals surface area contributed by atoms with Gasteiger partial charge in [-0.05, 0) is 18.6 Å². The van der Waals surface area contributed by atoms with Gasteiger partial charge in [-0.1, -0.05) is 11.6 Å². The molecule has 0 spiro atoms. The van der Waals surface area contributed by atoms with Gasteiger partial charge in [-0.15, -0.1) is 0 Å². The number of primary amides is 2. The lowest BCUT2D eigenvalue weighted by atomic mass is 10.0. The fourth-order valence-electron chi connectivity index (χ4n) is 1.17. The maximum absolute atomic E-state index is 13.5. The predicted octanol–water partition coefficient (Wildman–Crippen LogP) is 0.985. The molecule has 0 saturated heterocycles. The highest BCUT2D eigenvalue weighted by molar-refractivity contribution is 6.34. The van der Waals surface area contributed by atoms with Gasteiger partial charge in [-0.2, -0.15) is 0 Å². The summed E-state index contributed by atoms with van der Waals surface area (Å²) in [5.41, 5.74) is 9.32. The van der Waals surface area contributed by atoms with Crippen molar-refractivity contribution in [3.8, 4) is 0 Å². The summed E-state index contributed by atoms with van der Waals surface area (Å²) in [6.45, 7) is 1.51. The summed E-state index contributed by atoms with van der Waals surface area (Å²) in [4.78, 5) is 21.8. The van der Waals surface area contributed by atoms with Crippen molar-refractivity contribution < 1.29 is 14.0 Å². The molecular weight excluding hydrogens is 223 g/mol. The number of carbonyl (C=O) groups excluding carboxylic acids is 2. The standard InChI is InChI=1S/C9H8ClFN2O2/c1-3-2-4(8(12)14)7(11)5(6(3)10)9(13)15/h2H,1H3,(H2,12,14)(H2,13,15). The Morgan fingerprint density at radius 3 is 2.27 bits per heavy atom. The van der Waals surface area contributed by atoms with E-state index < -0.39 is 28.8 Å². The van der Waals surface area contributed by atoms with Gasteiger partial charge >= 0.3 is 0 Å². The van der Waals surface area contributed by atoms with Gasteiger partial charge < -0.3 is 11.5 Å². The number of hydrogen-bond donors (Lipinski definition) is 2. The van der Waals surface area contributed by atoms with Crippen LogP contribution in [0.1, 0.15) is 26.3 Å². The van der Waals surface area contributed by atoms with E-state index in [4.69, 9.17) is 23.1 Å². The monoisotopic (exact) mass is 230 g/mol. The first kappa shape index (κ1) is 11.5. The first-order chi connectivity index (χ1) is 6.86. The molecule has 6 heteroatoms. The predicted molar refractivity (Wildman–Crippen MR) is 53.2 cm³/mol. The summed E-state index contributed by atoms with van der Waals surface area (Å²) in [7, 11) is 0. The van der Waals surface area contributed by atoms with Crippen molar-refractivity contribution in [3.05, 3.63) is 33.6 Å². The molecule has 4 nitrogen and oxygen atoms in total. The molecule has 0 aliphatic carbocycles. The topological polar surface area (TPSA) is 86.2 Å². The number of carbonyl (C=O) groups is 2. The fraction of sp³-hybridized carbons (Fsp3) is 0.111. The maximum atomic E-state index is 13.5. The van der Waals surface area contributed by atoms with Gasteiger partial charge in [0, 0.05) is 0 Å². The van der Waals surface area contributed by atoms with Gasteiger partial charge in [0.1, 0.15) is 5.82 Å². The molecule has 1 aromatic carbocycles. The van der Waals surface area contributed by atoms with Crippen molar-refractivity contribution in [2.45, 2.75) is 6.92 Å². The average molecular weight is 231 g/mol. The van der Waals surface area contributed by atoms with Gasteiger partial charge in [0.25, 0.3) is 11.8 Å². The Balaban J connectivity index is 3.63. The second-order valence-electron chi connectivity index (χ2n) is 2.97. The van der Waals surface area contributed by atoms with Crippen molar-refractivity contribution in [3.63, 3.8) is 0 Å². The zero-order valence-corrected chi connectivity index (χ0v) is 8.56. The Labute approximate surface area is 90.0 Å². The first-order valence-corrected chi connectivity index (χ1v) is 4.32. The van der Waals surface area contributed by atoms with Crippen LogP contribution in [0.2, 0.25) is 5.02 Å². The zero-order valence-electron chi connectivity index (χ0n) is 7.80. The third-order valence-corrected chi connectivity index (χ3v) is 2.38. The molecule has 0 bridgehead atoms. The third-order valence-electron chi connectivity index (χ3n) is 1.89. The molecule has 2 amide bonds. The first-order valence-electron chi connectivity index (χ1n) is 3.94. The fourth-order valence-corrected chi connectivity index (χ4v) is 1.40. The highest BCUT2D eigenvalue weighted by Gasteiger charge is 2.21. The summed E-state index contributed by atoms with van der Waals surface area (Å²) in [5, 5.41) is -0.106. The van der Waals surface area contributed by atoms with E-state index in [2.05, 4.69) is 0 Å². The van der Waals surface area contributed by atoms with E-state index in [1.807, 2.05) is 0 Å². The van der Waals surface area contributed by atoms with Crippen LogP contribution in [-0.2, 0) is 0 Å². The van der Waals surface area contributed by atoms with Crippen molar-refractivity contribution in [2.75, 3.05) is 0 Å². The second-order valence-corrected chi connectivity index (χ2v) is 3.35. The molecule has 0 heterocycles. The summed E-state index contributed by atoms with van der Waals surface area (Å²) < 4.78 is 13.5. The van der Waals surface area contributed by atoms with Gasteiger partial charge in [-0.3, -0.25) is 9.59 Å². The minimum absolute atomic E-state index is 0.106. The number of rotatable bonds is 2. The summed E-state index contributed by atoms with van der Waals surface area (Å²) in [5.74, 6) is -3.09. The highest BCUT2D eigenvalue weighted by atomic mass is 35.5. The van der Waals surface area contributed by atoms with Crippen LogP contribution in [0.15, 0.2) is 6.07 Å². The van der Waals surface area contributed by atoms with E-state index in [-0.39, 0.29) is 5.02 Å². The molecule has 0 saturated carbocycles. The van der Waals surface area contributed by atoms with E-state index in [1.165, 1.54) is 13.0 Å². The zero-order chi connectivity index (χ0) is 11.7. The van der Waals surface area contributed by atoms with Gasteiger partial charge in [-0.25, -0.2) is 4.39 Å². The lowest BCUT2D eigenvalue weighted by molar-refractivity contribution is 0.0994. The average Bonchev–Trinajstić information content (AvgIpc) is 2.10. The summed E-state index contributed by atoms with van der Waals surface area (Å²) >= 11 is 5.68. The SMILES string of the molecule is Cc1cc(C(N)=O)c(F)c(C(N)=O)c1Cl. The van der Waals surface area contributed by atoms with Crippen molar-refractivity contribution in [2.24, 2.45) is 11.5 Å². The molecule has 1 rings (SSSR count). The lowest BCUT2D eigenvalue weighted by Gasteiger charge is -2.08. The van der Waals surface area contributed by atoms with Gasteiger partial charge in [0.05, 0.1) is 16.1 Å². The minimum atomic E-state index is -1.08. The Bertz CT molecular complexity index is 460. The molecule has 0 atom stereocenters.